The van der Waals surface area contributed by atoms with Crippen molar-refractivity contribution in [2.45, 2.75) is 0 Å². The van der Waals surface area contributed by atoms with Crippen molar-refractivity contribution in [1.29, 1.82) is 0 Å². The smallest absolute Gasteiger partial charge is 0.312 e. The first-order valence-corrected chi connectivity index (χ1v) is 4.50. The van der Waals surface area contributed by atoms with Crippen LogP contribution in [0.3, 0.4) is 0 Å². The summed E-state index contributed by atoms with van der Waals surface area (Å²) in [6.07, 6.45) is 0. The molecule has 0 spiro atoms. The van der Waals surface area contributed by atoms with Gasteiger partial charge in [0.05, 0.1) is 0 Å². The van der Waals surface area contributed by atoms with Crippen molar-refractivity contribution in [3.63, 3.8) is 0 Å². The predicted molar refractivity (Wildman–Crippen MR) is 56.4 cm³/mol. The first-order chi connectivity index (χ1) is 7.59. The van der Waals surface area contributed by atoms with E-state index < -0.39 is 11.9 Å². The Kier molecular flexibility index (Phi) is 4.01. The molecule has 1 aromatic heterocycles. The number of amides is 3. The van der Waals surface area contributed by atoms with E-state index in [1.54, 1.807) is 0 Å². The molecule has 1 aromatic rings. The van der Waals surface area contributed by atoms with Crippen molar-refractivity contribution in [1.82, 2.24) is 20.8 Å². The van der Waals surface area contributed by atoms with E-state index in [0.29, 0.717) is 0 Å². The minimum atomic E-state index is -0.637. The Bertz CT molecular complexity index is 377. The van der Waals surface area contributed by atoms with Crippen LogP contribution in [0, 0.1) is 0 Å². The van der Waals surface area contributed by atoms with Gasteiger partial charge in [-0.25, -0.2) is 4.79 Å². The number of carbonyl (C=O) groups is 2. The van der Waals surface area contributed by atoms with Gasteiger partial charge in [-0.2, -0.15) is 0 Å². The van der Waals surface area contributed by atoms with Gasteiger partial charge in [0.15, 0.2) is 5.69 Å². The van der Waals surface area contributed by atoms with E-state index >= 15 is 0 Å². The number of nitrogens with one attached hydrogen (secondary N) is 2. The van der Waals surface area contributed by atoms with Crippen LogP contribution in [0.4, 0.5) is 10.6 Å². The highest BCUT2D eigenvalue weighted by Crippen LogP contribution is 1.96. The number of urea groups is 1. The van der Waals surface area contributed by atoms with Crippen molar-refractivity contribution in [2.75, 3.05) is 18.8 Å². The summed E-state index contributed by atoms with van der Waals surface area (Å²) in [4.78, 5) is 21.7. The average molecular weight is 224 g/mol. The highest BCUT2D eigenvalue weighted by atomic mass is 16.2. The Morgan fingerprint density at radius 2 is 1.88 bits per heavy atom. The van der Waals surface area contributed by atoms with Crippen LogP contribution in [0.2, 0.25) is 0 Å². The summed E-state index contributed by atoms with van der Waals surface area (Å²) in [5.41, 5.74) is 10.3. The van der Waals surface area contributed by atoms with Gasteiger partial charge >= 0.3 is 6.03 Å². The van der Waals surface area contributed by atoms with Gasteiger partial charge in [-0.1, -0.05) is 0 Å². The molecule has 16 heavy (non-hydrogen) atoms. The molecule has 3 amide bonds. The lowest BCUT2D eigenvalue weighted by Crippen LogP contribution is -2.37. The summed E-state index contributed by atoms with van der Waals surface area (Å²) in [6.45, 7) is 0.511. The van der Waals surface area contributed by atoms with E-state index in [4.69, 9.17) is 11.5 Å². The van der Waals surface area contributed by atoms with Crippen molar-refractivity contribution < 1.29 is 9.59 Å². The molecule has 0 aliphatic carbocycles. The first-order valence-electron chi connectivity index (χ1n) is 4.50. The normalized spacial score (nSPS) is 9.50. The maximum Gasteiger partial charge on any atom is 0.312 e. The summed E-state index contributed by atoms with van der Waals surface area (Å²) in [5.74, 6) is -0.147. The lowest BCUT2D eigenvalue weighted by atomic mass is 10.3. The van der Waals surface area contributed by atoms with Crippen molar-refractivity contribution in [2.24, 2.45) is 5.73 Å². The SMILES string of the molecule is NC(=O)NCCNC(=O)c1ccc(N)nn1. The maximum atomic E-state index is 11.4. The molecule has 0 fully saturated rings. The molecule has 1 heterocycles. The van der Waals surface area contributed by atoms with E-state index in [-0.39, 0.29) is 24.6 Å². The summed E-state index contributed by atoms with van der Waals surface area (Å²) >= 11 is 0. The van der Waals surface area contributed by atoms with E-state index in [9.17, 15) is 9.59 Å². The van der Waals surface area contributed by atoms with Crippen LogP contribution < -0.4 is 22.1 Å². The van der Waals surface area contributed by atoms with Crippen LogP contribution in [0.1, 0.15) is 10.5 Å². The van der Waals surface area contributed by atoms with Crippen LogP contribution in [-0.4, -0.2) is 35.2 Å². The number of nitrogens with two attached hydrogens (primary N) is 2. The minimum absolute atomic E-state index is 0.160. The fraction of sp³-hybridized carbons (Fsp3) is 0.250. The van der Waals surface area contributed by atoms with E-state index in [2.05, 4.69) is 20.8 Å². The number of carbonyl (C=O) groups excluding carboxylic acids is 2. The highest BCUT2D eigenvalue weighted by molar-refractivity contribution is 5.92. The van der Waals surface area contributed by atoms with Crippen LogP contribution in [0.15, 0.2) is 12.1 Å². The second-order valence-corrected chi connectivity index (χ2v) is 2.89. The zero-order valence-corrected chi connectivity index (χ0v) is 8.43. The number of aromatic nitrogens is 2. The largest absolute Gasteiger partial charge is 0.382 e. The first kappa shape index (κ1) is 11.7. The van der Waals surface area contributed by atoms with Gasteiger partial charge < -0.3 is 22.1 Å². The molecule has 0 bridgehead atoms. The summed E-state index contributed by atoms with van der Waals surface area (Å²) in [6, 6.07) is 2.30. The van der Waals surface area contributed by atoms with E-state index in [0.717, 1.165) is 0 Å². The average Bonchev–Trinajstić information content (AvgIpc) is 2.25. The van der Waals surface area contributed by atoms with Crippen LogP contribution >= 0.6 is 0 Å². The number of hydrogen-bond donors (Lipinski definition) is 4. The molecule has 0 saturated carbocycles. The fourth-order valence-electron chi connectivity index (χ4n) is 0.916. The zero-order valence-electron chi connectivity index (χ0n) is 8.43. The lowest BCUT2D eigenvalue weighted by molar-refractivity contribution is 0.0948. The van der Waals surface area contributed by atoms with Gasteiger partial charge in [0.1, 0.15) is 5.82 Å². The van der Waals surface area contributed by atoms with Gasteiger partial charge in [0.2, 0.25) is 0 Å². The molecule has 0 radical (unpaired) electrons. The summed E-state index contributed by atoms with van der Waals surface area (Å²) in [7, 11) is 0. The molecule has 1 rings (SSSR count). The second-order valence-electron chi connectivity index (χ2n) is 2.89. The van der Waals surface area contributed by atoms with Gasteiger partial charge in [-0.05, 0) is 12.1 Å². The van der Waals surface area contributed by atoms with E-state index in [1.165, 1.54) is 12.1 Å². The van der Waals surface area contributed by atoms with E-state index in [1.807, 2.05) is 0 Å². The topological polar surface area (TPSA) is 136 Å². The van der Waals surface area contributed by atoms with Crippen LogP contribution in [0.5, 0.6) is 0 Å². The second kappa shape index (κ2) is 5.49. The molecule has 86 valence electrons. The Hall–Kier alpha value is -2.38. The minimum Gasteiger partial charge on any atom is -0.382 e. The molecule has 0 atom stereocenters. The molecule has 0 aliphatic rings. The number of anilines is 1. The molecule has 8 nitrogen and oxygen atoms in total. The van der Waals surface area contributed by atoms with Crippen molar-refractivity contribution in [3.05, 3.63) is 17.8 Å². The number of nitrogens with zero attached hydrogens (tertiary/aromatic N) is 2. The molecule has 0 aliphatic heterocycles. The molecule has 0 saturated heterocycles. The number of primary amides is 1. The summed E-state index contributed by atoms with van der Waals surface area (Å²) < 4.78 is 0. The Labute approximate surface area is 91.4 Å². The van der Waals surface area contributed by atoms with Crippen molar-refractivity contribution >= 4 is 17.8 Å². The third kappa shape index (κ3) is 3.78. The van der Waals surface area contributed by atoms with Gasteiger partial charge in [-0.3, -0.25) is 4.79 Å². The maximum absolute atomic E-state index is 11.4. The third-order valence-electron chi connectivity index (χ3n) is 1.63. The summed E-state index contributed by atoms with van der Waals surface area (Å²) in [5, 5.41) is 12.0. The number of rotatable bonds is 4. The highest BCUT2D eigenvalue weighted by Gasteiger charge is 2.06. The monoisotopic (exact) mass is 224 g/mol. The number of hydrogen-bond acceptors (Lipinski definition) is 5. The molecule has 6 N–H and O–H groups in total. The molecular formula is C8H12N6O2. The van der Waals surface area contributed by atoms with Gasteiger partial charge in [-0.15, -0.1) is 10.2 Å². The van der Waals surface area contributed by atoms with Gasteiger partial charge in [0, 0.05) is 13.1 Å². The van der Waals surface area contributed by atoms with Crippen LogP contribution in [0.25, 0.3) is 0 Å². The fourth-order valence-corrected chi connectivity index (χ4v) is 0.916. The van der Waals surface area contributed by atoms with Crippen LogP contribution in [-0.2, 0) is 0 Å². The Morgan fingerprint density at radius 1 is 1.19 bits per heavy atom. The molecular weight excluding hydrogens is 212 g/mol. The van der Waals surface area contributed by atoms with Gasteiger partial charge in [0.25, 0.3) is 5.91 Å². The zero-order chi connectivity index (χ0) is 12.0. The molecule has 8 heteroatoms. The third-order valence-corrected chi connectivity index (χ3v) is 1.63. The predicted octanol–water partition coefficient (Wildman–Crippen LogP) is -1.54. The Morgan fingerprint density at radius 3 is 2.44 bits per heavy atom. The molecule has 0 unspecified atom stereocenters. The quantitative estimate of drug-likeness (QED) is 0.459. The molecule has 0 aromatic carbocycles. The lowest BCUT2D eigenvalue weighted by Gasteiger charge is -2.04. The standard InChI is InChI=1S/C8H12N6O2/c9-6-2-1-5(13-14-6)7(15)11-3-4-12-8(10)16/h1-2H,3-4H2,(H2,9,14)(H,11,15)(H3,10,12,16). The Balaban J connectivity index is 2.35. The van der Waals surface area contributed by atoms with Crippen molar-refractivity contribution in [3.8, 4) is 0 Å². The number of nitrogen functional groups attached to an aromatic ring is 1.